The molecule has 112 valence electrons. The highest BCUT2D eigenvalue weighted by molar-refractivity contribution is 5.96. The summed E-state index contributed by atoms with van der Waals surface area (Å²) in [5, 5.41) is 5.66. The molecule has 3 rings (SSSR count). The molecule has 0 saturated heterocycles. The number of ether oxygens (including phenoxy) is 2. The standard InChI is InChI=1S/C17H16N2O3/c1-12(20)19-17(14-6-4-3-5-7-14)22-16(18-19)13-8-10-15(21-2)11-9-13/h3-11,17H,1-2H3/t17-/m1/s1. The minimum Gasteiger partial charge on any atom is -0.497 e. The lowest BCUT2D eigenvalue weighted by atomic mass is 10.2. The van der Waals surface area contributed by atoms with Gasteiger partial charge < -0.3 is 9.47 Å². The van der Waals surface area contributed by atoms with Crippen molar-refractivity contribution >= 4 is 11.8 Å². The Kier molecular flexibility index (Phi) is 3.78. The van der Waals surface area contributed by atoms with E-state index in [0.29, 0.717) is 5.90 Å². The van der Waals surface area contributed by atoms with E-state index in [1.807, 2.05) is 54.6 Å². The van der Waals surface area contributed by atoms with Crippen LogP contribution in [-0.2, 0) is 9.53 Å². The smallest absolute Gasteiger partial charge is 0.243 e. The third-order valence-corrected chi connectivity index (χ3v) is 3.39. The lowest BCUT2D eigenvalue weighted by Crippen LogP contribution is -2.25. The molecule has 2 aromatic rings. The number of nitrogens with zero attached hydrogens (tertiary/aromatic N) is 2. The van der Waals surface area contributed by atoms with E-state index in [0.717, 1.165) is 16.9 Å². The van der Waals surface area contributed by atoms with Gasteiger partial charge >= 0.3 is 0 Å². The number of hydrazone groups is 1. The average molecular weight is 296 g/mol. The molecule has 1 amide bonds. The lowest BCUT2D eigenvalue weighted by Gasteiger charge is -2.19. The van der Waals surface area contributed by atoms with E-state index in [-0.39, 0.29) is 5.91 Å². The summed E-state index contributed by atoms with van der Waals surface area (Å²) in [6, 6.07) is 16.9. The van der Waals surface area contributed by atoms with Gasteiger partial charge in [0.1, 0.15) is 5.75 Å². The SMILES string of the molecule is COc1ccc(C2=NN(C(C)=O)[C@@H](c3ccccc3)O2)cc1. The van der Waals surface area contributed by atoms with E-state index >= 15 is 0 Å². The Morgan fingerprint density at radius 1 is 1.14 bits per heavy atom. The average Bonchev–Trinajstić information content (AvgIpc) is 3.01. The van der Waals surface area contributed by atoms with Crippen LogP contribution in [0, 0.1) is 0 Å². The molecule has 0 saturated carbocycles. The zero-order chi connectivity index (χ0) is 15.5. The number of methoxy groups -OCH3 is 1. The van der Waals surface area contributed by atoms with Crippen molar-refractivity contribution in [3.63, 3.8) is 0 Å². The highest BCUT2D eigenvalue weighted by Crippen LogP contribution is 2.30. The van der Waals surface area contributed by atoms with Crippen LogP contribution in [0.1, 0.15) is 24.3 Å². The maximum absolute atomic E-state index is 11.8. The largest absolute Gasteiger partial charge is 0.497 e. The Morgan fingerprint density at radius 2 is 1.82 bits per heavy atom. The van der Waals surface area contributed by atoms with Gasteiger partial charge in [-0.2, -0.15) is 5.01 Å². The molecule has 0 unspecified atom stereocenters. The van der Waals surface area contributed by atoms with Crippen molar-refractivity contribution in [1.82, 2.24) is 5.01 Å². The molecule has 2 aromatic carbocycles. The topological polar surface area (TPSA) is 51.1 Å². The number of carbonyl (C=O) groups excluding carboxylic acids is 1. The molecule has 5 nitrogen and oxygen atoms in total. The van der Waals surface area contributed by atoms with Gasteiger partial charge in [0.2, 0.25) is 18.0 Å². The van der Waals surface area contributed by atoms with Crippen molar-refractivity contribution in [3.05, 3.63) is 65.7 Å². The van der Waals surface area contributed by atoms with Crippen molar-refractivity contribution in [1.29, 1.82) is 0 Å². The Hall–Kier alpha value is -2.82. The summed E-state index contributed by atoms with van der Waals surface area (Å²) in [4.78, 5) is 11.8. The van der Waals surface area contributed by atoms with Crippen LogP contribution >= 0.6 is 0 Å². The van der Waals surface area contributed by atoms with E-state index < -0.39 is 6.23 Å². The first-order chi connectivity index (χ1) is 10.7. The first-order valence-electron chi connectivity index (χ1n) is 6.93. The molecule has 0 spiro atoms. The second kappa shape index (κ2) is 5.89. The summed E-state index contributed by atoms with van der Waals surface area (Å²) in [6.07, 6.45) is -0.532. The van der Waals surface area contributed by atoms with Crippen molar-refractivity contribution in [2.75, 3.05) is 7.11 Å². The quantitative estimate of drug-likeness (QED) is 0.875. The molecule has 5 heteroatoms. The van der Waals surface area contributed by atoms with Crippen molar-refractivity contribution in [3.8, 4) is 5.75 Å². The summed E-state index contributed by atoms with van der Waals surface area (Å²) >= 11 is 0. The normalized spacial score (nSPS) is 16.9. The van der Waals surface area contributed by atoms with Gasteiger partial charge in [0.05, 0.1) is 7.11 Å². The van der Waals surface area contributed by atoms with Gasteiger partial charge in [0, 0.05) is 18.1 Å². The van der Waals surface area contributed by atoms with Crippen molar-refractivity contribution in [2.45, 2.75) is 13.2 Å². The first-order valence-corrected chi connectivity index (χ1v) is 6.93. The minimum absolute atomic E-state index is 0.169. The molecule has 0 bridgehead atoms. The Morgan fingerprint density at radius 3 is 2.41 bits per heavy atom. The zero-order valence-corrected chi connectivity index (χ0v) is 12.4. The van der Waals surface area contributed by atoms with Crippen LogP contribution in [0.25, 0.3) is 0 Å². The first kappa shape index (κ1) is 14.1. The van der Waals surface area contributed by atoms with E-state index in [1.54, 1.807) is 7.11 Å². The number of carbonyl (C=O) groups is 1. The summed E-state index contributed by atoms with van der Waals surface area (Å²) in [5.74, 6) is 1.01. The van der Waals surface area contributed by atoms with Crippen LogP contribution in [0.5, 0.6) is 5.75 Å². The lowest BCUT2D eigenvalue weighted by molar-refractivity contribution is -0.135. The Bertz CT molecular complexity index is 696. The highest BCUT2D eigenvalue weighted by atomic mass is 16.5. The molecular formula is C17H16N2O3. The predicted molar refractivity (Wildman–Crippen MR) is 82.3 cm³/mol. The van der Waals surface area contributed by atoms with E-state index in [9.17, 15) is 4.79 Å². The van der Waals surface area contributed by atoms with Gasteiger partial charge in [0.25, 0.3) is 0 Å². The molecule has 0 fully saturated rings. The van der Waals surface area contributed by atoms with Gasteiger partial charge in [-0.1, -0.05) is 30.3 Å². The second-order valence-electron chi connectivity index (χ2n) is 4.88. The van der Waals surface area contributed by atoms with Crippen LogP contribution in [0.3, 0.4) is 0 Å². The number of benzene rings is 2. The summed E-state index contributed by atoms with van der Waals surface area (Å²) in [7, 11) is 1.61. The molecule has 1 atom stereocenters. The van der Waals surface area contributed by atoms with Crippen LogP contribution < -0.4 is 4.74 Å². The maximum Gasteiger partial charge on any atom is 0.243 e. The van der Waals surface area contributed by atoms with Gasteiger partial charge in [-0.25, -0.2) is 0 Å². The molecule has 1 aliphatic heterocycles. The molecule has 0 aromatic heterocycles. The molecular weight excluding hydrogens is 280 g/mol. The Balaban J connectivity index is 1.90. The zero-order valence-electron chi connectivity index (χ0n) is 12.4. The summed E-state index contributed by atoms with van der Waals surface area (Å²) in [5.41, 5.74) is 1.68. The summed E-state index contributed by atoms with van der Waals surface area (Å²) in [6.45, 7) is 1.47. The predicted octanol–water partition coefficient (Wildman–Crippen LogP) is 2.93. The number of rotatable bonds is 3. The van der Waals surface area contributed by atoms with Crippen LogP contribution in [0.4, 0.5) is 0 Å². The van der Waals surface area contributed by atoms with Gasteiger partial charge in [-0.3, -0.25) is 4.79 Å². The Labute approximate surface area is 128 Å². The maximum atomic E-state index is 11.8. The van der Waals surface area contributed by atoms with Crippen molar-refractivity contribution in [2.24, 2.45) is 5.10 Å². The van der Waals surface area contributed by atoms with Crippen LogP contribution in [-0.4, -0.2) is 23.9 Å². The van der Waals surface area contributed by atoms with Gasteiger partial charge in [-0.15, -0.1) is 5.10 Å². The van der Waals surface area contributed by atoms with E-state index in [4.69, 9.17) is 9.47 Å². The monoisotopic (exact) mass is 296 g/mol. The molecule has 0 radical (unpaired) electrons. The van der Waals surface area contributed by atoms with Crippen molar-refractivity contribution < 1.29 is 14.3 Å². The fourth-order valence-electron chi connectivity index (χ4n) is 2.25. The van der Waals surface area contributed by atoms with Crippen LogP contribution in [0.15, 0.2) is 59.7 Å². The highest BCUT2D eigenvalue weighted by Gasteiger charge is 2.32. The fraction of sp³-hybridized carbons (Fsp3) is 0.176. The van der Waals surface area contributed by atoms with Gasteiger partial charge in [0.15, 0.2) is 0 Å². The second-order valence-corrected chi connectivity index (χ2v) is 4.88. The number of hydrogen-bond acceptors (Lipinski definition) is 4. The van der Waals surface area contributed by atoms with Gasteiger partial charge in [-0.05, 0) is 24.3 Å². The molecule has 1 aliphatic rings. The third kappa shape index (κ3) is 2.65. The van der Waals surface area contributed by atoms with Crippen LogP contribution in [0.2, 0.25) is 0 Å². The molecule has 0 N–H and O–H groups in total. The number of hydrogen-bond donors (Lipinski definition) is 0. The number of amides is 1. The third-order valence-electron chi connectivity index (χ3n) is 3.39. The molecule has 0 aliphatic carbocycles. The molecule has 22 heavy (non-hydrogen) atoms. The van der Waals surface area contributed by atoms with E-state index in [1.165, 1.54) is 11.9 Å². The molecule has 1 heterocycles. The van der Waals surface area contributed by atoms with E-state index in [2.05, 4.69) is 5.10 Å². The summed E-state index contributed by atoms with van der Waals surface area (Å²) < 4.78 is 11.0. The minimum atomic E-state index is -0.532. The fourth-order valence-corrected chi connectivity index (χ4v) is 2.25.